The molecule has 1 saturated heterocycles. The minimum Gasteiger partial charge on any atom is -0.479 e. The Labute approximate surface area is 349 Å². The van der Waals surface area contributed by atoms with E-state index in [1.54, 1.807) is 19.9 Å². The number of Topliss-reactive ketones (excluding diaryl/α,β-unsaturated/α-hetero) is 1. The Morgan fingerprint density at radius 2 is 1.59 bits per heavy atom. The summed E-state index contributed by atoms with van der Waals surface area (Å²) in [6.45, 7) is 19.5. The number of carbonyl (C=O) groups is 3. The highest BCUT2D eigenvalue weighted by atomic mass is 16.7. The summed E-state index contributed by atoms with van der Waals surface area (Å²) in [5.41, 5.74) is -2.52. The van der Waals surface area contributed by atoms with Gasteiger partial charge in [-0.1, -0.05) is 73.1 Å². The van der Waals surface area contributed by atoms with Crippen molar-refractivity contribution in [2.24, 2.45) is 62.1 Å². The molecule has 1 unspecified atom stereocenters. The van der Waals surface area contributed by atoms with Crippen LogP contribution in [0.3, 0.4) is 0 Å². The lowest BCUT2D eigenvalue weighted by molar-refractivity contribution is -0.327. The van der Waals surface area contributed by atoms with Gasteiger partial charge in [0.05, 0.1) is 36.8 Å². The molecule has 7 N–H and O–H groups in total. The Bertz CT molecular complexity index is 1710. The van der Waals surface area contributed by atoms with E-state index >= 15 is 0 Å². The molecule has 0 radical (unpaired) electrons. The number of hydrogen-bond donors (Lipinski definition) is 7. The van der Waals surface area contributed by atoms with Crippen molar-refractivity contribution in [3.8, 4) is 0 Å². The third kappa shape index (κ3) is 6.65. The molecule has 0 aromatic carbocycles. The third-order valence-corrected chi connectivity index (χ3v) is 18.0. The van der Waals surface area contributed by atoms with Crippen LogP contribution in [0, 0.1) is 62.1 Å². The molecule has 0 aromatic heterocycles. The van der Waals surface area contributed by atoms with Gasteiger partial charge in [0.25, 0.3) is 0 Å². The van der Waals surface area contributed by atoms with Gasteiger partial charge in [-0.2, -0.15) is 0 Å². The Kier molecular flexibility index (Phi) is 12.4. The zero-order valence-electron chi connectivity index (χ0n) is 36.8. The van der Waals surface area contributed by atoms with E-state index in [0.29, 0.717) is 50.5 Å². The van der Waals surface area contributed by atoms with Crippen LogP contribution in [0.25, 0.3) is 0 Å². The second-order valence-electron chi connectivity index (χ2n) is 21.1. The highest BCUT2D eigenvalue weighted by Crippen LogP contribution is 2.76. The number of aliphatic hydroxyl groups is 6. The van der Waals surface area contributed by atoms with Crippen LogP contribution < -0.4 is 0 Å². The number of ketones is 1. The van der Waals surface area contributed by atoms with Gasteiger partial charge in [0, 0.05) is 16.9 Å². The zero-order valence-corrected chi connectivity index (χ0v) is 36.8. The minimum atomic E-state index is -1.85. The van der Waals surface area contributed by atoms with Crippen molar-refractivity contribution in [2.75, 3.05) is 13.2 Å². The van der Waals surface area contributed by atoms with Crippen LogP contribution in [0.1, 0.15) is 121 Å². The fourth-order valence-electron chi connectivity index (χ4n) is 14.0. The maximum atomic E-state index is 14.4. The van der Waals surface area contributed by atoms with E-state index in [1.807, 2.05) is 20.8 Å². The summed E-state index contributed by atoms with van der Waals surface area (Å²) in [5.74, 6) is -3.51. The molecule has 0 aromatic rings. The molecule has 13 heteroatoms. The van der Waals surface area contributed by atoms with Crippen LogP contribution in [0.2, 0.25) is 0 Å². The van der Waals surface area contributed by atoms with Gasteiger partial charge in [0.2, 0.25) is 0 Å². The number of ether oxygens (including phenoxy) is 3. The number of carboxylic acid groups (broad SMARTS) is 1. The van der Waals surface area contributed by atoms with Crippen LogP contribution >= 0.6 is 0 Å². The average molecular weight is 833 g/mol. The number of fused-ring (bicyclic) bond motifs is 7. The number of esters is 1. The highest BCUT2D eigenvalue weighted by Gasteiger charge is 2.74. The summed E-state index contributed by atoms with van der Waals surface area (Å²) in [4.78, 5) is 39.9. The number of aliphatic carboxylic acids is 1. The first-order valence-electron chi connectivity index (χ1n) is 22.0. The molecule has 5 aliphatic carbocycles. The Hall–Kier alpha value is -2.23. The van der Waals surface area contributed by atoms with Crippen molar-refractivity contribution < 1.29 is 64.3 Å². The van der Waals surface area contributed by atoms with E-state index < -0.39 is 95.1 Å². The van der Waals surface area contributed by atoms with E-state index in [-0.39, 0.29) is 46.9 Å². The maximum Gasteiger partial charge on any atom is 0.335 e. The monoisotopic (exact) mass is 832 g/mol. The average Bonchev–Trinajstić information content (AvgIpc) is 3.17. The second kappa shape index (κ2) is 15.8. The first kappa shape index (κ1) is 46.3. The molecule has 334 valence electrons. The second-order valence-corrected chi connectivity index (χ2v) is 21.1. The van der Waals surface area contributed by atoms with Gasteiger partial charge in [0.15, 0.2) is 12.4 Å². The summed E-state index contributed by atoms with van der Waals surface area (Å²) in [5, 5.41) is 76.9. The van der Waals surface area contributed by atoms with E-state index in [9.17, 15) is 50.1 Å². The molecule has 0 spiro atoms. The number of allylic oxidation sites excluding steroid dienone is 3. The predicted octanol–water partition coefficient (Wildman–Crippen LogP) is 4.33. The summed E-state index contributed by atoms with van der Waals surface area (Å²) in [6.07, 6.45) is -2.88. The van der Waals surface area contributed by atoms with E-state index in [1.165, 1.54) is 0 Å². The lowest BCUT2D eigenvalue weighted by atomic mass is 9.32. The molecule has 59 heavy (non-hydrogen) atoms. The third-order valence-electron chi connectivity index (χ3n) is 18.0. The Morgan fingerprint density at radius 1 is 0.932 bits per heavy atom. The summed E-state index contributed by atoms with van der Waals surface area (Å²) in [6, 6.07) is 0. The molecule has 4 saturated carbocycles. The number of hydrogen-bond acceptors (Lipinski definition) is 12. The first-order chi connectivity index (χ1) is 27.4. The van der Waals surface area contributed by atoms with Gasteiger partial charge in [-0.25, -0.2) is 9.59 Å². The molecule has 18 atom stereocenters. The van der Waals surface area contributed by atoms with Crippen LogP contribution in [0.5, 0.6) is 0 Å². The van der Waals surface area contributed by atoms with Gasteiger partial charge in [-0.15, -0.1) is 0 Å². The van der Waals surface area contributed by atoms with E-state index in [2.05, 4.69) is 40.7 Å². The largest absolute Gasteiger partial charge is 0.479 e. The van der Waals surface area contributed by atoms with Crippen LogP contribution in [0.15, 0.2) is 23.3 Å². The Morgan fingerprint density at radius 3 is 2.17 bits per heavy atom. The van der Waals surface area contributed by atoms with E-state index in [4.69, 9.17) is 14.2 Å². The topological polar surface area (TPSA) is 221 Å². The molecule has 0 amide bonds. The van der Waals surface area contributed by atoms with Crippen LogP contribution in [-0.2, 0) is 28.6 Å². The van der Waals surface area contributed by atoms with Crippen molar-refractivity contribution in [1.82, 2.24) is 0 Å². The lowest BCUT2D eigenvalue weighted by Crippen LogP contribution is -2.72. The Balaban J connectivity index is 1.38. The molecule has 1 aliphatic heterocycles. The molecule has 5 fully saturated rings. The zero-order chi connectivity index (χ0) is 44.0. The van der Waals surface area contributed by atoms with Gasteiger partial charge < -0.3 is 50.0 Å². The number of carbonyl (C=O) groups excluding carboxylic acids is 2. The fraction of sp³-hybridized carbons (Fsp3) is 0.848. The molecule has 13 nitrogen and oxygen atoms in total. The SMILES string of the molecule is C/C=C(/C)C(=O)O[C@H]1[C@H](C(=O)C(C)CC)C(C)(C)C[C@H]2C3=CC[C@@H]4[C@@]5(C)CC[C@H](O[C@@H]6O[C@H](C(=O)O)[C@@H](O)[C@H](O)[C@H]6O)[C@@](C)(CO)[C@@H]5CC[C@@]4(C)[C@]3(C)C[C@H](O)[C@]21CO. The predicted molar refractivity (Wildman–Crippen MR) is 216 cm³/mol. The minimum absolute atomic E-state index is 0.0253. The highest BCUT2D eigenvalue weighted by molar-refractivity contribution is 5.89. The standard InChI is InChI=1S/C46H72O13/c1-11-23(3)32(50)31-37(59-39(56)24(4)12-2)46(22-48)26(19-41(31,5)6)25-13-14-28-42(7)17-16-30(57-40-35(53)33(51)34(52)36(58-40)38(54)55)43(8,21-47)27(42)15-18-44(28,9)45(25,10)20-29(46)49/h12-13,23,26-31,33-37,40,47-49,51-53H,11,14-22H2,1-10H3,(H,54,55)/b24-12-/t23?,26-,27+,28+,29-,30-,31-,33-,34-,35+,36-,37-,40+,42-,43-,44+,45+,46-/m0/s1. The van der Waals surface area contributed by atoms with Crippen LogP contribution in [0.4, 0.5) is 0 Å². The first-order valence-corrected chi connectivity index (χ1v) is 22.0. The summed E-state index contributed by atoms with van der Waals surface area (Å²) < 4.78 is 18.3. The smallest absolute Gasteiger partial charge is 0.335 e. The van der Waals surface area contributed by atoms with Crippen molar-refractivity contribution in [3.63, 3.8) is 0 Å². The number of carboxylic acids is 1. The van der Waals surface area contributed by atoms with Gasteiger partial charge in [-0.05, 0) is 105 Å². The molecule has 0 bridgehead atoms. The van der Waals surface area contributed by atoms with Gasteiger partial charge >= 0.3 is 11.9 Å². The number of aliphatic hydroxyl groups excluding tert-OH is 6. The quantitative estimate of drug-likeness (QED) is 0.0707. The van der Waals surface area contributed by atoms with Crippen molar-refractivity contribution in [3.05, 3.63) is 23.3 Å². The molecule has 1 heterocycles. The van der Waals surface area contributed by atoms with Gasteiger partial charge in [0.1, 0.15) is 30.2 Å². The van der Waals surface area contributed by atoms with E-state index in [0.717, 1.165) is 12.0 Å². The number of rotatable bonds is 10. The molecular formula is C46H72O13. The van der Waals surface area contributed by atoms with Crippen molar-refractivity contribution in [2.45, 2.75) is 170 Å². The van der Waals surface area contributed by atoms with Crippen molar-refractivity contribution >= 4 is 17.7 Å². The summed E-state index contributed by atoms with van der Waals surface area (Å²) >= 11 is 0. The molecule has 6 aliphatic rings. The summed E-state index contributed by atoms with van der Waals surface area (Å²) in [7, 11) is 0. The lowest BCUT2D eigenvalue weighted by Gasteiger charge is -2.73. The molecule has 6 rings (SSSR count). The van der Waals surface area contributed by atoms with Crippen molar-refractivity contribution in [1.29, 1.82) is 0 Å². The fourth-order valence-corrected chi connectivity index (χ4v) is 14.0. The van der Waals surface area contributed by atoms with Gasteiger partial charge in [-0.3, -0.25) is 4.79 Å². The molecular weight excluding hydrogens is 760 g/mol. The normalized spacial score (nSPS) is 48.6. The van der Waals surface area contributed by atoms with Crippen LogP contribution in [-0.4, -0.2) is 116 Å². The maximum absolute atomic E-state index is 14.4.